The summed E-state index contributed by atoms with van der Waals surface area (Å²) in [7, 11) is 0. The molecule has 0 aromatic heterocycles. The van der Waals surface area contributed by atoms with Crippen LogP contribution in [0.15, 0.2) is 121 Å². The Kier molecular flexibility index (Phi) is 8.12. The average molecular weight is 593 g/mol. The van der Waals surface area contributed by atoms with Gasteiger partial charge in [-0.2, -0.15) is 0 Å². The molecule has 4 aromatic carbocycles. The first-order valence-electron chi connectivity index (χ1n) is 14.1. The first-order valence-corrected chi connectivity index (χ1v) is 14.5. The molecule has 0 unspecified atom stereocenters. The third kappa shape index (κ3) is 5.71. The molecule has 1 aliphatic carbocycles. The van der Waals surface area contributed by atoms with Gasteiger partial charge in [0.05, 0.1) is 5.92 Å². The van der Waals surface area contributed by atoms with E-state index in [1.807, 2.05) is 97.1 Å². The van der Waals surface area contributed by atoms with E-state index in [-0.39, 0.29) is 19.6 Å². The Hall–Kier alpha value is -4.68. The fourth-order valence-corrected chi connectivity index (χ4v) is 6.31. The van der Waals surface area contributed by atoms with Crippen LogP contribution in [-0.4, -0.2) is 17.9 Å². The molecule has 0 saturated heterocycles. The number of esters is 3. The van der Waals surface area contributed by atoms with Gasteiger partial charge in [-0.05, 0) is 47.2 Å². The van der Waals surface area contributed by atoms with Gasteiger partial charge in [0.15, 0.2) is 5.41 Å². The predicted molar refractivity (Wildman–Crippen MR) is 161 cm³/mol. The van der Waals surface area contributed by atoms with Crippen LogP contribution in [0.2, 0.25) is 5.02 Å². The third-order valence-electron chi connectivity index (χ3n) is 8.20. The molecule has 0 N–H and O–H groups in total. The average Bonchev–Trinajstić information content (AvgIpc) is 3.41. The largest absolute Gasteiger partial charge is 0.460 e. The summed E-state index contributed by atoms with van der Waals surface area (Å²) in [5.41, 5.74) is 1.04. The lowest BCUT2D eigenvalue weighted by Crippen LogP contribution is -2.45. The molecule has 0 radical (unpaired) electrons. The molecule has 0 bridgehead atoms. The second-order valence-corrected chi connectivity index (χ2v) is 11.3. The van der Waals surface area contributed by atoms with Gasteiger partial charge >= 0.3 is 17.9 Å². The van der Waals surface area contributed by atoms with Gasteiger partial charge in [-0.3, -0.25) is 14.4 Å². The minimum atomic E-state index is -1.83. The van der Waals surface area contributed by atoms with Gasteiger partial charge in [-0.25, -0.2) is 0 Å². The van der Waals surface area contributed by atoms with Crippen LogP contribution >= 0.6 is 11.6 Å². The molecule has 1 aliphatic heterocycles. The number of carbonyl (C=O) groups is 3. The highest BCUT2D eigenvalue weighted by Crippen LogP contribution is 2.60. The molecular formula is C36H29ClO6. The highest BCUT2D eigenvalue weighted by molar-refractivity contribution is 6.30. The fraction of sp³-hybridized carbons (Fsp3) is 0.194. The summed E-state index contributed by atoms with van der Waals surface area (Å²) in [6.07, 6.45) is 1.86. The molecule has 6 rings (SSSR count). The van der Waals surface area contributed by atoms with E-state index in [1.54, 1.807) is 24.3 Å². The number of carbonyl (C=O) groups excluding carboxylic acids is 3. The van der Waals surface area contributed by atoms with E-state index in [2.05, 4.69) is 0 Å². The molecular weight excluding hydrogens is 564 g/mol. The molecule has 1 heterocycles. The van der Waals surface area contributed by atoms with Crippen LogP contribution in [0.3, 0.4) is 0 Å². The van der Waals surface area contributed by atoms with Gasteiger partial charge in [0.25, 0.3) is 0 Å². The number of hydrogen-bond donors (Lipinski definition) is 0. The SMILES string of the molecule is O=C1OC(c2ccccc2)=C[C@@H]2CC(C(=O)OCc3ccccc3)(C(=O)OCc3ccccc3)[C@@H](c3ccc(Cl)cc3)[C@H]12. The van der Waals surface area contributed by atoms with E-state index < -0.39 is 41.1 Å². The molecule has 1 fully saturated rings. The zero-order chi connectivity index (χ0) is 29.8. The first kappa shape index (κ1) is 28.4. The van der Waals surface area contributed by atoms with Crippen molar-refractivity contribution in [1.82, 2.24) is 0 Å². The smallest absolute Gasteiger partial charge is 0.324 e. The van der Waals surface area contributed by atoms with Crippen molar-refractivity contribution in [2.75, 3.05) is 0 Å². The third-order valence-corrected chi connectivity index (χ3v) is 8.45. The van der Waals surface area contributed by atoms with Crippen molar-refractivity contribution in [3.05, 3.63) is 149 Å². The number of hydrogen-bond acceptors (Lipinski definition) is 6. The maximum absolute atomic E-state index is 14.3. The zero-order valence-corrected chi connectivity index (χ0v) is 24.0. The van der Waals surface area contributed by atoms with Crippen LogP contribution < -0.4 is 0 Å². The topological polar surface area (TPSA) is 78.9 Å². The summed E-state index contributed by atoms with van der Waals surface area (Å²) in [6.45, 7) is -0.0722. The lowest BCUT2D eigenvalue weighted by atomic mass is 9.71. The van der Waals surface area contributed by atoms with E-state index in [4.69, 9.17) is 25.8 Å². The van der Waals surface area contributed by atoms with E-state index in [9.17, 15) is 14.4 Å². The summed E-state index contributed by atoms with van der Waals surface area (Å²) in [5.74, 6) is -3.85. The maximum atomic E-state index is 14.3. The summed E-state index contributed by atoms with van der Waals surface area (Å²) in [5, 5.41) is 0.486. The van der Waals surface area contributed by atoms with Crippen LogP contribution in [0.5, 0.6) is 0 Å². The Morgan fingerprint density at radius 3 is 1.79 bits per heavy atom. The molecule has 7 heteroatoms. The van der Waals surface area contributed by atoms with Crippen LogP contribution in [0, 0.1) is 17.3 Å². The van der Waals surface area contributed by atoms with Gasteiger partial charge in [0.1, 0.15) is 19.0 Å². The number of ether oxygens (including phenoxy) is 3. The minimum Gasteiger partial charge on any atom is -0.460 e. The summed E-state index contributed by atoms with van der Waals surface area (Å²) >= 11 is 6.22. The van der Waals surface area contributed by atoms with Gasteiger partial charge in [0, 0.05) is 16.5 Å². The summed E-state index contributed by atoms with van der Waals surface area (Å²) < 4.78 is 17.6. The Balaban J connectivity index is 1.44. The molecule has 0 amide bonds. The number of benzene rings is 4. The van der Waals surface area contributed by atoms with Crippen LogP contribution in [0.4, 0.5) is 0 Å². The normalized spacial score (nSPS) is 20.3. The quantitative estimate of drug-likeness (QED) is 0.123. The fourth-order valence-electron chi connectivity index (χ4n) is 6.19. The monoisotopic (exact) mass is 592 g/mol. The Labute approximate surface area is 254 Å². The van der Waals surface area contributed by atoms with Gasteiger partial charge in [-0.1, -0.05) is 115 Å². The standard InChI is InChI=1S/C36H29ClO6/c37-29-18-16-27(17-19-29)32-31-28(20-30(43-33(31)38)26-14-8-3-9-15-26)21-36(32,34(39)41-22-24-10-4-1-5-11-24)35(40)42-23-25-12-6-2-7-13-25/h1-20,28,31-32H,21-23H2/t28-,31-,32+/m1/s1. The highest BCUT2D eigenvalue weighted by atomic mass is 35.5. The van der Waals surface area contributed by atoms with Crippen molar-refractivity contribution < 1.29 is 28.6 Å². The molecule has 216 valence electrons. The molecule has 43 heavy (non-hydrogen) atoms. The number of allylic oxidation sites excluding steroid dienone is 1. The van der Waals surface area contributed by atoms with Gasteiger partial charge < -0.3 is 14.2 Å². The van der Waals surface area contributed by atoms with Crippen LogP contribution in [-0.2, 0) is 41.8 Å². The van der Waals surface area contributed by atoms with E-state index in [0.29, 0.717) is 16.3 Å². The van der Waals surface area contributed by atoms with Crippen molar-refractivity contribution in [3.8, 4) is 0 Å². The molecule has 0 spiro atoms. The highest BCUT2D eigenvalue weighted by Gasteiger charge is 2.67. The van der Waals surface area contributed by atoms with Crippen molar-refractivity contribution in [2.45, 2.75) is 25.6 Å². The second-order valence-electron chi connectivity index (χ2n) is 10.8. The second kappa shape index (κ2) is 12.3. The first-order chi connectivity index (χ1) is 21.0. The summed E-state index contributed by atoms with van der Waals surface area (Å²) in [4.78, 5) is 42.5. The van der Waals surface area contributed by atoms with Crippen molar-refractivity contribution in [2.24, 2.45) is 17.3 Å². The van der Waals surface area contributed by atoms with E-state index in [0.717, 1.165) is 16.7 Å². The van der Waals surface area contributed by atoms with E-state index in [1.165, 1.54) is 0 Å². The predicted octanol–water partition coefficient (Wildman–Crippen LogP) is 7.13. The molecule has 6 nitrogen and oxygen atoms in total. The van der Waals surface area contributed by atoms with Crippen LogP contribution in [0.25, 0.3) is 5.76 Å². The maximum Gasteiger partial charge on any atom is 0.324 e. The lowest BCUT2D eigenvalue weighted by molar-refractivity contribution is -0.175. The summed E-state index contributed by atoms with van der Waals surface area (Å²) in [6, 6.07) is 34.6. The van der Waals surface area contributed by atoms with Crippen molar-refractivity contribution in [1.29, 1.82) is 0 Å². The van der Waals surface area contributed by atoms with Crippen LogP contribution in [0.1, 0.15) is 34.6 Å². The van der Waals surface area contributed by atoms with Crippen molar-refractivity contribution in [3.63, 3.8) is 0 Å². The van der Waals surface area contributed by atoms with Crippen molar-refractivity contribution >= 4 is 35.3 Å². The molecule has 1 saturated carbocycles. The number of fused-ring (bicyclic) bond motifs is 1. The molecule has 3 atom stereocenters. The molecule has 2 aliphatic rings. The Morgan fingerprint density at radius 1 is 0.744 bits per heavy atom. The minimum absolute atomic E-state index is 0.0115. The Bertz CT molecular complexity index is 1580. The number of rotatable bonds is 8. The van der Waals surface area contributed by atoms with E-state index >= 15 is 0 Å². The van der Waals surface area contributed by atoms with Gasteiger partial charge in [-0.15, -0.1) is 0 Å². The Morgan fingerprint density at radius 2 is 1.26 bits per heavy atom. The number of halogens is 1. The van der Waals surface area contributed by atoms with Gasteiger partial charge in [0.2, 0.25) is 0 Å². The lowest BCUT2D eigenvalue weighted by Gasteiger charge is -2.33. The number of cyclic esters (lactones) is 1. The molecule has 4 aromatic rings. The zero-order valence-electron chi connectivity index (χ0n) is 23.2.